The third-order valence-corrected chi connectivity index (χ3v) is 7.22. The Hall–Kier alpha value is -3.30. The highest BCUT2D eigenvalue weighted by atomic mass is 32.2. The largest absolute Gasteiger partial charge is 0.465 e. The Labute approximate surface area is 194 Å². The number of ether oxygens (including phenoxy) is 1. The molecule has 0 aliphatic rings. The minimum atomic E-state index is -3.40. The van der Waals surface area contributed by atoms with Gasteiger partial charge in [-0.25, -0.2) is 8.42 Å². The molecule has 1 amide bonds. The van der Waals surface area contributed by atoms with Gasteiger partial charge in [-0.05, 0) is 41.5 Å². The minimum absolute atomic E-state index is 0.104. The molecule has 4 aromatic rings. The molecule has 0 bridgehead atoms. The van der Waals surface area contributed by atoms with Crippen LogP contribution in [-0.4, -0.2) is 37.7 Å². The van der Waals surface area contributed by atoms with Crippen LogP contribution in [0.1, 0.15) is 12.5 Å². The van der Waals surface area contributed by atoms with E-state index in [0.717, 1.165) is 33.9 Å². The quantitative estimate of drug-likeness (QED) is 0.392. The van der Waals surface area contributed by atoms with Gasteiger partial charge in [0.1, 0.15) is 6.54 Å². The predicted molar refractivity (Wildman–Crippen MR) is 128 cm³/mol. The topological polar surface area (TPSA) is 94.8 Å². The number of nitrogens with zero attached hydrogens (tertiary/aromatic N) is 2. The molecule has 0 N–H and O–H groups in total. The maximum atomic E-state index is 12.8. The molecule has 0 atom stereocenters. The molecular weight excluding hydrogens is 460 g/mol. The van der Waals surface area contributed by atoms with Gasteiger partial charge in [0, 0.05) is 6.26 Å². The lowest BCUT2D eigenvalue weighted by Gasteiger charge is -2.06. The zero-order valence-electron chi connectivity index (χ0n) is 18.1. The summed E-state index contributed by atoms with van der Waals surface area (Å²) in [6, 6.07) is 18.3. The molecule has 0 radical (unpaired) electrons. The number of benzene rings is 3. The smallest absolute Gasteiger partial charge is 0.326 e. The number of carbonyl (C=O) groups is 2. The Morgan fingerprint density at radius 3 is 2.52 bits per heavy atom. The average Bonchev–Trinajstić information content (AvgIpc) is 3.09. The molecule has 7 nitrogen and oxygen atoms in total. The summed E-state index contributed by atoms with van der Waals surface area (Å²) in [6.45, 7) is 1.81. The van der Waals surface area contributed by atoms with Gasteiger partial charge < -0.3 is 9.30 Å². The lowest BCUT2D eigenvalue weighted by molar-refractivity contribution is -0.143. The fourth-order valence-corrected chi connectivity index (χ4v) is 5.34. The molecule has 1 aromatic heterocycles. The van der Waals surface area contributed by atoms with Crippen molar-refractivity contribution in [1.82, 2.24) is 4.57 Å². The first-order valence-corrected chi connectivity index (χ1v) is 13.0. The molecule has 1 heterocycles. The number of hydrogen-bond donors (Lipinski definition) is 0. The van der Waals surface area contributed by atoms with Gasteiger partial charge in [0.25, 0.3) is 5.91 Å². The number of hydrogen-bond acceptors (Lipinski definition) is 6. The number of carbonyl (C=O) groups excluding carboxylic acids is 2. The van der Waals surface area contributed by atoms with Gasteiger partial charge in [-0.3, -0.25) is 9.59 Å². The van der Waals surface area contributed by atoms with Gasteiger partial charge in [0.2, 0.25) is 0 Å². The summed E-state index contributed by atoms with van der Waals surface area (Å²) >= 11 is 1.16. The molecule has 4 rings (SSSR count). The van der Waals surface area contributed by atoms with Crippen LogP contribution in [0.25, 0.3) is 21.0 Å². The van der Waals surface area contributed by atoms with Gasteiger partial charge in [-0.2, -0.15) is 4.99 Å². The van der Waals surface area contributed by atoms with Crippen LogP contribution in [0, 0.1) is 0 Å². The molecule has 9 heteroatoms. The molecule has 33 heavy (non-hydrogen) atoms. The van der Waals surface area contributed by atoms with Crippen molar-refractivity contribution in [2.75, 3.05) is 12.9 Å². The highest BCUT2D eigenvalue weighted by Gasteiger charge is 2.15. The number of sulfone groups is 1. The number of rotatable bonds is 6. The summed E-state index contributed by atoms with van der Waals surface area (Å²) in [5.74, 6) is -0.828. The van der Waals surface area contributed by atoms with Crippen LogP contribution < -0.4 is 4.80 Å². The van der Waals surface area contributed by atoms with Crippen LogP contribution in [0.15, 0.2) is 70.6 Å². The summed E-state index contributed by atoms with van der Waals surface area (Å²) in [5, 5.41) is 2.12. The molecule has 3 aromatic carbocycles. The Balaban J connectivity index is 1.74. The zero-order valence-corrected chi connectivity index (χ0v) is 19.8. The SMILES string of the molecule is CCOC(=O)Cn1c(=NC(=O)Cc2ccc3ccccc3c2)sc2cc(S(C)(=O)=O)ccc21. The third-order valence-electron chi connectivity index (χ3n) is 5.06. The molecule has 0 fully saturated rings. The number of aromatic nitrogens is 1. The Morgan fingerprint density at radius 2 is 1.79 bits per heavy atom. The Morgan fingerprint density at radius 1 is 1.03 bits per heavy atom. The van der Waals surface area contributed by atoms with Crippen molar-refractivity contribution in [3.63, 3.8) is 0 Å². The highest BCUT2D eigenvalue weighted by Crippen LogP contribution is 2.22. The first-order valence-electron chi connectivity index (χ1n) is 10.3. The van der Waals surface area contributed by atoms with Crippen LogP contribution in [0.4, 0.5) is 0 Å². The van der Waals surface area contributed by atoms with Crippen LogP contribution in [0.2, 0.25) is 0 Å². The van der Waals surface area contributed by atoms with E-state index in [1.807, 2.05) is 42.5 Å². The van der Waals surface area contributed by atoms with Crippen molar-refractivity contribution in [2.24, 2.45) is 4.99 Å². The Kier molecular flexibility index (Phi) is 6.44. The van der Waals surface area contributed by atoms with Gasteiger partial charge in [0.15, 0.2) is 14.6 Å². The average molecular weight is 483 g/mol. The lowest BCUT2D eigenvalue weighted by Crippen LogP contribution is -2.23. The summed E-state index contributed by atoms with van der Waals surface area (Å²) in [5.41, 5.74) is 1.44. The van der Waals surface area contributed by atoms with E-state index in [1.165, 1.54) is 12.1 Å². The van der Waals surface area contributed by atoms with Crippen LogP contribution in [0.3, 0.4) is 0 Å². The van der Waals surface area contributed by atoms with Gasteiger partial charge in [-0.15, -0.1) is 0 Å². The molecule has 0 aliphatic heterocycles. The third kappa shape index (κ3) is 5.20. The van der Waals surface area contributed by atoms with E-state index in [0.29, 0.717) is 15.0 Å². The normalized spacial score (nSPS) is 12.4. The standard InChI is InChI=1S/C24H22N2O5S2/c1-3-31-23(28)15-26-20-11-10-19(33(2,29)30)14-21(20)32-24(26)25-22(27)13-16-8-9-17-6-4-5-7-18(17)12-16/h4-12,14H,3,13,15H2,1-2H3. The van der Waals surface area contributed by atoms with Gasteiger partial charge in [-0.1, -0.05) is 53.8 Å². The molecule has 0 saturated heterocycles. The molecule has 0 aliphatic carbocycles. The lowest BCUT2D eigenvalue weighted by atomic mass is 10.1. The van der Waals surface area contributed by atoms with Crippen molar-refractivity contribution in [1.29, 1.82) is 0 Å². The highest BCUT2D eigenvalue weighted by molar-refractivity contribution is 7.90. The van der Waals surface area contributed by atoms with Crippen molar-refractivity contribution in [3.8, 4) is 0 Å². The van der Waals surface area contributed by atoms with Crippen molar-refractivity contribution in [2.45, 2.75) is 24.8 Å². The van der Waals surface area contributed by atoms with Crippen molar-refractivity contribution >= 4 is 54.0 Å². The molecule has 170 valence electrons. The van der Waals surface area contributed by atoms with E-state index < -0.39 is 15.8 Å². The first kappa shape index (κ1) is 22.9. The number of amides is 1. The van der Waals surface area contributed by atoms with Gasteiger partial charge in [0.05, 0.1) is 28.1 Å². The van der Waals surface area contributed by atoms with Crippen LogP contribution in [0.5, 0.6) is 0 Å². The number of fused-ring (bicyclic) bond motifs is 2. The summed E-state index contributed by atoms with van der Waals surface area (Å²) in [7, 11) is -3.40. The molecule has 0 spiro atoms. The second-order valence-electron chi connectivity index (χ2n) is 7.54. The second kappa shape index (κ2) is 9.29. The first-order chi connectivity index (χ1) is 15.7. The van der Waals surface area contributed by atoms with E-state index in [2.05, 4.69) is 4.99 Å². The molecule has 0 saturated carbocycles. The van der Waals surface area contributed by atoms with E-state index >= 15 is 0 Å². The van der Waals surface area contributed by atoms with Crippen LogP contribution >= 0.6 is 11.3 Å². The molecular formula is C24H22N2O5S2. The van der Waals surface area contributed by atoms with E-state index in [4.69, 9.17) is 4.74 Å². The van der Waals surface area contributed by atoms with E-state index in [-0.39, 0.29) is 30.4 Å². The zero-order chi connectivity index (χ0) is 23.6. The fraction of sp³-hybridized carbons (Fsp3) is 0.208. The summed E-state index contributed by atoms with van der Waals surface area (Å²) < 4.78 is 31.2. The summed E-state index contributed by atoms with van der Waals surface area (Å²) in [4.78, 5) is 29.7. The maximum absolute atomic E-state index is 12.8. The van der Waals surface area contributed by atoms with E-state index in [1.54, 1.807) is 17.6 Å². The van der Waals surface area contributed by atoms with Crippen molar-refractivity contribution < 1.29 is 22.7 Å². The molecule has 0 unspecified atom stereocenters. The van der Waals surface area contributed by atoms with Crippen molar-refractivity contribution in [3.05, 3.63) is 71.0 Å². The fourth-order valence-electron chi connectivity index (χ4n) is 3.53. The number of esters is 1. The van der Waals surface area contributed by atoms with Gasteiger partial charge >= 0.3 is 5.97 Å². The van der Waals surface area contributed by atoms with E-state index in [9.17, 15) is 18.0 Å². The maximum Gasteiger partial charge on any atom is 0.326 e. The van der Waals surface area contributed by atoms with Crippen LogP contribution in [-0.2, 0) is 37.1 Å². The Bertz CT molecular complexity index is 1550. The summed E-state index contributed by atoms with van der Waals surface area (Å²) in [6.07, 6.45) is 1.24. The predicted octanol–water partition coefficient (Wildman–Crippen LogP) is 3.49. The minimum Gasteiger partial charge on any atom is -0.465 e. The second-order valence-corrected chi connectivity index (χ2v) is 10.6. The number of thiazole rings is 1. The monoisotopic (exact) mass is 482 g/mol.